The lowest BCUT2D eigenvalue weighted by molar-refractivity contribution is -0.125. The Bertz CT molecular complexity index is 1060. The number of allylic oxidation sites excluding steroid dienone is 2. The monoisotopic (exact) mass is 461 g/mol. The maximum Gasteiger partial charge on any atom is 0.494 e. The van der Waals surface area contributed by atoms with E-state index < -0.39 is 0 Å². The van der Waals surface area contributed by atoms with Crippen LogP contribution in [-0.4, -0.2) is 78.5 Å². The van der Waals surface area contributed by atoms with E-state index in [4.69, 9.17) is 6.57 Å². The number of anilines is 2. The highest BCUT2D eigenvalue weighted by molar-refractivity contribution is 6.07. The number of aromatic nitrogens is 1. The molecule has 10 heteroatoms. The maximum absolute atomic E-state index is 12.7. The molecule has 0 saturated carbocycles. The highest BCUT2D eigenvalue weighted by atomic mass is 16.2. The number of hydrogen-bond acceptors (Lipinski definition) is 6. The zero-order valence-corrected chi connectivity index (χ0v) is 19.2. The lowest BCUT2D eigenvalue weighted by Gasteiger charge is -2.37. The average molecular weight is 462 g/mol. The van der Waals surface area contributed by atoms with Crippen molar-refractivity contribution >= 4 is 29.4 Å². The van der Waals surface area contributed by atoms with Crippen molar-refractivity contribution in [1.82, 2.24) is 20.1 Å². The molecule has 3 heterocycles. The van der Waals surface area contributed by atoms with Crippen molar-refractivity contribution in [2.45, 2.75) is 18.9 Å². The molecule has 10 nitrogen and oxygen atoms in total. The molecule has 2 fully saturated rings. The van der Waals surface area contributed by atoms with Crippen molar-refractivity contribution in [3.05, 3.63) is 59.3 Å². The molecule has 1 aliphatic carbocycles. The molecule has 0 spiro atoms. The summed E-state index contributed by atoms with van der Waals surface area (Å²) < 4.78 is 0. The highest BCUT2D eigenvalue weighted by Gasteiger charge is 2.36. The van der Waals surface area contributed by atoms with Gasteiger partial charge >= 0.3 is 12.0 Å². The zero-order valence-electron chi connectivity index (χ0n) is 19.2. The van der Waals surface area contributed by atoms with E-state index in [0.29, 0.717) is 11.4 Å². The first-order valence-electron chi connectivity index (χ1n) is 11.3. The Morgan fingerprint density at radius 1 is 1.24 bits per heavy atom. The van der Waals surface area contributed by atoms with E-state index >= 15 is 0 Å². The molecule has 2 saturated heterocycles. The Morgan fingerprint density at radius 3 is 2.62 bits per heavy atom. The number of nitrogens with zero attached hydrogens (tertiary/aromatic N) is 6. The molecule has 2 N–H and O–H groups in total. The van der Waals surface area contributed by atoms with Gasteiger partial charge in [0.15, 0.2) is 5.82 Å². The summed E-state index contributed by atoms with van der Waals surface area (Å²) >= 11 is 0. The summed E-state index contributed by atoms with van der Waals surface area (Å²) in [5.74, 6) is 0.250. The first-order valence-corrected chi connectivity index (χ1v) is 11.3. The normalized spacial score (nSPS) is 21.1. The van der Waals surface area contributed by atoms with Crippen molar-refractivity contribution in [3.63, 3.8) is 0 Å². The molecule has 1 aromatic heterocycles. The van der Waals surface area contributed by atoms with Gasteiger partial charge in [-0.15, -0.1) is 0 Å². The summed E-state index contributed by atoms with van der Waals surface area (Å²) in [5, 5.41) is 6.29. The Balaban J connectivity index is 1.47. The van der Waals surface area contributed by atoms with E-state index in [1.54, 1.807) is 11.1 Å². The Kier molecular flexibility index (Phi) is 7.34. The smallest absolute Gasteiger partial charge is 0.368 e. The fourth-order valence-corrected chi connectivity index (χ4v) is 4.10. The number of carbonyl (C=O) groups is 2. The number of guanidine groups is 1. The minimum Gasteiger partial charge on any atom is -0.368 e. The molecule has 3 amide bonds. The summed E-state index contributed by atoms with van der Waals surface area (Å²) in [5.41, 5.74) is 1.42. The van der Waals surface area contributed by atoms with Crippen molar-refractivity contribution in [1.29, 1.82) is 0 Å². The third-order valence-electron chi connectivity index (χ3n) is 6.03. The Labute approximate surface area is 199 Å². The van der Waals surface area contributed by atoms with Gasteiger partial charge in [-0.1, -0.05) is 29.3 Å². The van der Waals surface area contributed by atoms with Gasteiger partial charge in [0, 0.05) is 39.3 Å². The van der Waals surface area contributed by atoms with Crippen LogP contribution in [0.3, 0.4) is 0 Å². The van der Waals surface area contributed by atoms with Crippen LogP contribution in [0.2, 0.25) is 0 Å². The second-order valence-corrected chi connectivity index (χ2v) is 8.26. The number of likely N-dealkylation sites (N-methyl/N-ethyl adjacent to an activating group) is 1. The number of piperazine rings is 1. The lowest BCUT2D eigenvalue weighted by Crippen LogP contribution is -2.55. The van der Waals surface area contributed by atoms with E-state index in [-0.39, 0.29) is 30.5 Å². The number of hydrogen-bond donors (Lipinski definition) is 2. The average Bonchev–Trinajstić information content (AvgIpc) is 3.16. The molecule has 34 heavy (non-hydrogen) atoms. The fourth-order valence-electron chi connectivity index (χ4n) is 4.10. The van der Waals surface area contributed by atoms with Gasteiger partial charge in [0.25, 0.3) is 5.91 Å². The molecule has 1 aromatic rings. The Morgan fingerprint density at radius 2 is 1.97 bits per heavy atom. The van der Waals surface area contributed by atoms with Gasteiger partial charge in [-0.25, -0.2) is 15.1 Å². The van der Waals surface area contributed by atoms with E-state index in [1.165, 1.54) is 13.2 Å². The van der Waals surface area contributed by atoms with E-state index in [0.717, 1.165) is 49.6 Å². The minimum absolute atomic E-state index is 0.0272. The molecule has 0 atom stereocenters. The van der Waals surface area contributed by atoms with E-state index in [9.17, 15) is 9.59 Å². The standard InChI is InChI=1S/C24H28N8O2/c1-25-23(29-21-10-9-20(16-27-21)31-13-11-26-12-14-31)28-15-18-17-32(24(34)30(2)22(18)33)19-7-5-3-4-6-8-19/h1,3-6,9-10,15-16,19,26H,7-8,11-14,17H2,2H3/p+1. The molecule has 0 unspecified atom stereocenters. The molecule has 2 aliphatic heterocycles. The predicted octanol–water partition coefficient (Wildman–Crippen LogP) is 2.27. The Hall–Kier alpha value is -3.97. The van der Waals surface area contributed by atoms with Crippen LogP contribution in [-0.2, 0) is 4.79 Å². The number of aliphatic imine (C=N–C) groups is 1. The topological polar surface area (TPSA) is 97.5 Å². The van der Waals surface area contributed by atoms with E-state index in [1.807, 2.05) is 36.4 Å². The van der Waals surface area contributed by atoms with Crippen LogP contribution < -0.4 is 15.5 Å². The SMILES string of the molecule is C#[N+]C(=N/C=C1\CN(C2CC=CC=CC2)C(=O)N(C)C1=O)Nc1ccc(N2CCNCC2)cn1. The first kappa shape index (κ1) is 23.2. The number of carbonyl (C=O) groups excluding carboxylic acids is 2. The van der Waals surface area contributed by atoms with Crippen LogP contribution in [0.4, 0.5) is 16.3 Å². The minimum atomic E-state index is -0.389. The third-order valence-corrected chi connectivity index (χ3v) is 6.03. The second-order valence-electron chi connectivity index (χ2n) is 8.26. The van der Waals surface area contributed by atoms with Crippen LogP contribution in [0.1, 0.15) is 12.8 Å². The third kappa shape index (κ3) is 5.32. The number of urea groups is 1. The van der Waals surface area contributed by atoms with Gasteiger partial charge in [0.1, 0.15) is 12.8 Å². The number of amides is 3. The number of nitrogens with one attached hydrogen (secondary N) is 2. The van der Waals surface area contributed by atoms with Crippen LogP contribution in [0, 0.1) is 6.57 Å². The second kappa shape index (κ2) is 10.8. The summed E-state index contributed by atoms with van der Waals surface area (Å²) in [4.78, 5) is 42.8. The van der Waals surface area contributed by atoms with E-state index in [2.05, 4.69) is 30.4 Å². The maximum atomic E-state index is 12.7. The summed E-state index contributed by atoms with van der Waals surface area (Å²) in [6.45, 7) is 9.45. The number of rotatable bonds is 4. The molecular formula is C24H29N8O2+. The van der Waals surface area contributed by atoms with Gasteiger partial charge in [0.05, 0.1) is 24.0 Å². The molecular weight excluding hydrogens is 432 g/mol. The van der Waals surface area contributed by atoms with Crippen LogP contribution in [0.5, 0.6) is 0 Å². The summed E-state index contributed by atoms with van der Waals surface area (Å²) in [6.07, 6.45) is 12.6. The summed E-state index contributed by atoms with van der Waals surface area (Å²) in [6, 6.07) is 3.47. The molecule has 4 rings (SSSR count). The largest absolute Gasteiger partial charge is 0.494 e. The lowest BCUT2D eigenvalue weighted by atomic mass is 10.1. The van der Waals surface area contributed by atoms with Crippen LogP contribution in [0.25, 0.3) is 4.85 Å². The quantitative estimate of drug-likeness (QED) is 0.406. The van der Waals surface area contributed by atoms with Gasteiger partial charge in [0.2, 0.25) is 0 Å². The van der Waals surface area contributed by atoms with Crippen LogP contribution in [0.15, 0.2) is 59.4 Å². The molecule has 0 aromatic carbocycles. The van der Waals surface area contributed by atoms with Crippen molar-refractivity contribution in [2.24, 2.45) is 4.99 Å². The predicted molar refractivity (Wildman–Crippen MR) is 133 cm³/mol. The summed E-state index contributed by atoms with van der Waals surface area (Å²) in [7, 11) is 1.48. The molecule has 3 aliphatic rings. The number of imide groups is 1. The van der Waals surface area contributed by atoms with Crippen molar-refractivity contribution in [3.8, 4) is 6.57 Å². The molecule has 0 radical (unpaired) electrons. The first-order chi connectivity index (χ1) is 16.6. The van der Waals surface area contributed by atoms with Gasteiger partial charge in [-0.05, 0) is 25.0 Å². The van der Waals surface area contributed by atoms with Gasteiger partial charge in [-0.2, -0.15) is 4.85 Å². The van der Waals surface area contributed by atoms with Crippen molar-refractivity contribution in [2.75, 3.05) is 50.0 Å². The van der Waals surface area contributed by atoms with Crippen LogP contribution >= 0.6 is 0 Å². The molecule has 176 valence electrons. The van der Waals surface area contributed by atoms with Gasteiger partial charge in [-0.3, -0.25) is 9.69 Å². The van der Waals surface area contributed by atoms with Gasteiger partial charge < -0.3 is 15.1 Å². The zero-order chi connectivity index (χ0) is 23.9. The highest BCUT2D eigenvalue weighted by Crippen LogP contribution is 2.22. The van der Waals surface area contributed by atoms with Crippen molar-refractivity contribution < 1.29 is 9.59 Å². The molecule has 0 bridgehead atoms. The fraction of sp³-hybridized carbons (Fsp3) is 0.375. The number of pyridine rings is 1.